The van der Waals surface area contributed by atoms with Crippen LogP contribution < -0.4 is 10.2 Å². The maximum atomic E-state index is 10.7. The summed E-state index contributed by atoms with van der Waals surface area (Å²) >= 11 is 0. The Balaban J connectivity index is 0.00000256. The van der Waals surface area contributed by atoms with Gasteiger partial charge in [-0.15, -0.1) is 0 Å². The van der Waals surface area contributed by atoms with Gasteiger partial charge in [-0.3, -0.25) is 0 Å². The van der Waals surface area contributed by atoms with Crippen LogP contribution in [0.1, 0.15) is 19.9 Å². The highest BCUT2D eigenvalue weighted by Crippen LogP contribution is 2.10. The van der Waals surface area contributed by atoms with Gasteiger partial charge in [-0.2, -0.15) is 5.10 Å². The number of ether oxygens (including phenoxy) is 2. The van der Waals surface area contributed by atoms with Crippen LogP contribution in [0.25, 0.3) is 0 Å². The van der Waals surface area contributed by atoms with E-state index in [1.165, 1.54) is 13.3 Å². The number of methoxy groups -OCH3 is 1. The van der Waals surface area contributed by atoms with Gasteiger partial charge >= 0.3 is 6.09 Å². The average molecular weight is 238 g/mol. The molecular formula is C12H18N2O3. The minimum Gasteiger partial charge on any atom is -0.494 e. The lowest BCUT2D eigenvalue weighted by Crippen LogP contribution is -2.16. The van der Waals surface area contributed by atoms with Gasteiger partial charge < -0.3 is 9.47 Å². The fourth-order valence-corrected chi connectivity index (χ4v) is 1.02. The Morgan fingerprint density at radius 1 is 1.41 bits per heavy atom. The highest BCUT2D eigenvalue weighted by Gasteiger charge is 1.94. The van der Waals surface area contributed by atoms with Crippen LogP contribution in [0.5, 0.6) is 5.75 Å². The van der Waals surface area contributed by atoms with Gasteiger partial charge in [0.25, 0.3) is 0 Å². The van der Waals surface area contributed by atoms with E-state index in [0.717, 1.165) is 11.3 Å². The molecule has 0 saturated carbocycles. The smallest absolute Gasteiger partial charge is 0.427 e. The molecule has 0 spiro atoms. The Bertz CT molecular complexity index is 361. The maximum Gasteiger partial charge on any atom is 0.427 e. The van der Waals surface area contributed by atoms with Gasteiger partial charge in [-0.25, -0.2) is 10.2 Å². The number of amides is 1. The lowest BCUT2D eigenvalue weighted by Gasteiger charge is -2.02. The minimum atomic E-state index is -0.595. The molecule has 0 fully saturated rings. The van der Waals surface area contributed by atoms with Crippen LogP contribution in [0.3, 0.4) is 0 Å². The van der Waals surface area contributed by atoms with E-state index in [2.05, 4.69) is 15.3 Å². The number of nitrogens with zero attached hydrogens (tertiary/aromatic N) is 1. The SMILES string of the molecule is C.CCOc1ccc(/C=N/NC(=O)OC)cc1. The Morgan fingerprint density at radius 3 is 2.59 bits per heavy atom. The van der Waals surface area contributed by atoms with Crippen LogP contribution in [0.15, 0.2) is 29.4 Å². The monoisotopic (exact) mass is 238 g/mol. The van der Waals surface area contributed by atoms with Crippen molar-refractivity contribution in [1.29, 1.82) is 0 Å². The summed E-state index contributed by atoms with van der Waals surface area (Å²) in [5.74, 6) is 0.806. The van der Waals surface area contributed by atoms with Crippen LogP contribution in [0, 0.1) is 0 Å². The molecule has 0 saturated heterocycles. The lowest BCUT2D eigenvalue weighted by molar-refractivity contribution is 0.171. The van der Waals surface area contributed by atoms with Gasteiger partial charge in [0.2, 0.25) is 0 Å². The second-order valence-corrected chi connectivity index (χ2v) is 2.86. The maximum absolute atomic E-state index is 10.7. The zero-order valence-electron chi connectivity index (χ0n) is 9.27. The Morgan fingerprint density at radius 2 is 2.06 bits per heavy atom. The molecule has 1 amide bonds. The third-order valence-corrected chi connectivity index (χ3v) is 1.75. The minimum absolute atomic E-state index is 0. The van der Waals surface area contributed by atoms with Crippen LogP contribution in [0.4, 0.5) is 4.79 Å². The standard InChI is InChI=1S/C11H14N2O3.CH4/c1-3-16-10-6-4-9(5-7-10)8-12-13-11(14)15-2;/h4-8H,3H2,1-2H3,(H,13,14);1H4/b12-8+;. The van der Waals surface area contributed by atoms with E-state index in [1.807, 2.05) is 31.2 Å². The fraction of sp³-hybridized carbons (Fsp3) is 0.333. The van der Waals surface area contributed by atoms with E-state index in [9.17, 15) is 4.79 Å². The third kappa shape index (κ3) is 5.55. The van der Waals surface area contributed by atoms with Gasteiger partial charge in [-0.05, 0) is 36.8 Å². The molecule has 0 radical (unpaired) electrons. The number of carbonyl (C=O) groups excluding carboxylic acids is 1. The molecule has 0 heterocycles. The van der Waals surface area contributed by atoms with E-state index >= 15 is 0 Å². The normalized spacial score (nSPS) is 9.53. The number of carbonyl (C=O) groups is 1. The van der Waals surface area contributed by atoms with E-state index in [0.29, 0.717) is 6.61 Å². The third-order valence-electron chi connectivity index (χ3n) is 1.75. The summed E-state index contributed by atoms with van der Waals surface area (Å²) in [4.78, 5) is 10.7. The van der Waals surface area contributed by atoms with Crippen molar-refractivity contribution >= 4 is 12.3 Å². The summed E-state index contributed by atoms with van der Waals surface area (Å²) in [6.45, 7) is 2.56. The molecule has 0 atom stereocenters. The summed E-state index contributed by atoms with van der Waals surface area (Å²) in [6, 6.07) is 7.35. The van der Waals surface area contributed by atoms with Crippen molar-refractivity contribution in [3.05, 3.63) is 29.8 Å². The highest BCUT2D eigenvalue weighted by molar-refractivity contribution is 5.80. The van der Waals surface area contributed by atoms with E-state index < -0.39 is 6.09 Å². The van der Waals surface area contributed by atoms with Crippen molar-refractivity contribution in [2.45, 2.75) is 14.4 Å². The van der Waals surface area contributed by atoms with Gasteiger partial charge in [0.05, 0.1) is 19.9 Å². The zero-order chi connectivity index (χ0) is 11.8. The molecule has 0 unspecified atom stereocenters. The predicted octanol–water partition coefficient (Wildman–Crippen LogP) is 2.41. The Kier molecular flexibility index (Phi) is 7.17. The van der Waals surface area contributed by atoms with Crippen molar-refractivity contribution < 1.29 is 14.3 Å². The summed E-state index contributed by atoms with van der Waals surface area (Å²) < 4.78 is 9.64. The molecular weight excluding hydrogens is 220 g/mol. The van der Waals surface area contributed by atoms with E-state index in [1.54, 1.807) is 0 Å². The molecule has 0 aliphatic heterocycles. The average Bonchev–Trinajstić information content (AvgIpc) is 2.31. The van der Waals surface area contributed by atoms with E-state index in [4.69, 9.17) is 4.74 Å². The lowest BCUT2D eigenvalue weighted by atomic mass is 10.2. The van der Waals surface area contributed by atoms with Crippen LogP contribution in [-0.4, -0.2) is 26.0 Å². The number of hydrogen-bond acceptors (Lipinski definition) is 4. The number of hydrogen-bond donors (Lipinski definition) is 1. The molecule has 17 heavy (non-hydrogen) atoms. The first-order valence-corrected chi connectivity index (χ1v) is 4.86. The van der Waals surface area contributed by atoms with Gasteiger partial charge in [0.15, 0.2) is 0 Å². The first-order chi connectivity index (χ1) is 7.76. The van der Waals surface area contributed by atoms with Crippen LogP contribution in [0.2, 0.25) is 0 Å². The van der Waals surface area contributed by atoms with Gasteiger partial charge in [0, 0.05) is 0 Å². The van der Waals surface area contributed by atoms with Crippen molar-refractivity contribution in [2.75, 3.05) is 13.7 Å². The summed E-state index contributed by atoms with van der Waals surface area (Å²) in [5.41, 5.74) is 3.06. The molecule has 1 N–H and O–H groups in total. The van der Waals surface area contributed by atoms with Gasteiger partial charge in [0.1, 0.15) is 5.75 Å². The molecule has 1 aromatic carbocycles. The molecule has 1 aromatic rings. The van der Waals surface area contributed by atoms with Crippen molar-refractivity contribution in [3.8, 4) is 5.75 Å². The predicted molar refractivity (Wildman–Crippen MR) is 67.5 cm³/mol. The largest absolute Gasteiger partial charge is 0.494 e. The highest BCUT2D eigenvalue weighted by atomic mass is 16.5. The van der Waals surface area contributed by atoms with Crippen molar-refractivity contribution in [1.82, 2.24) is 5.43 Å². The van der Waals surface area contributed by atoms with Crippen molar-refractivity contribution in [2.24, 2.45) is 5.10 Å². The van der Waals surface area contributed by atoms with Crippen LogP contribution in [-0.2, 0) is 4.74 Å². The topological polar surface area (TPSA) is 59.9 Å². The molecule has 94 valence electrons. The molecule has 1 rings (SSSR count). The summed E-state index contributed by atoms with van der Waals surface area (Å²) in [6.07, 6.45) is 0.925. The zero-order valence-corrected chi connectivity index (χ0v) is 9.27. The quantitative estimate of drug-likeness (QED) is 0.647. The fourth-order valence-electron chi connectivity index (χ4n) is 1.02. The number of hydrazone groups is 1. The van der Waals surface area contributed by atoms with Gasteiger partial charge in [-0.1, -0.05) is 7.43 Å². The first-order valence-electron chi connectivity index (χ1n) is 4.86. The first kappa shape index (κ1) is 15.0. The number of rotatable bonds is 4. The second-order valence-electron chi connectivity index (χ2n) is 2.86. The Hall–Kier alpha value is -2.04. The van der Waals surface area contributed by atoms with Crippen molar-refractivity contribution in [3.63, 3.8) is 0 Å². The number of benzene rings is 1. The summed E-state index contributed by atoms with van der Waals surface area (Å²) in [7, 11) is 1.28. The molecule has 0 aliphatic carbocycles. The van der Waals surface area contributed by atoms with Crippen LogP contribution >= 0.6 is 0 Å². The Labute approximate surface area is 101 Å². The molecule has 0 bridgehead atoms. The molecule has 5 nitrogen and oxygen atoms in total. The molecule has 0 aliphatic rings. The van der Waals surface area contributed by atoms with E-state index in [-0.39, 0.29) is 7.43 Å². The second kappa shape index (κ2) is 8.15. The molecule has 0 aromatic heterocycles. The summed E-state index contributed by atoms with van der Waals surface area (Å²) in [5, 5.41) is 3.70. The molecule has 5 heteroatoms. The number of nitrogens with one attached hydrogen (secondary N) is 1.